The van der Waals surface area contributed by atoms with E-state index in [1.165, 1.54) is 0 Å². The summed E-state index contributed by atoms with van der Waals surface area (Å²) in [5.41, 5.74) is -2.39. The van der Waals surface area contributed by atoms with Crippen molar-refractivity contribution in [3.05, 3.63) is 42.5 Å². The van der Waals surface area contributed by atoms with E-state index in [1.54, 1.807) is 0 Å². The molecule has 1 aromatic carbocycles. The van der Waals surface area contributed by atoms with E-state index in [0.29, 0.717) is 12.1 Å². The maximum Gasteiger partial charge on any atom is 1.00 e. The van der Waals surface area contributed by atoms with Gasteiger partial charge in [0.15, 0.2) is 0 Å². The molecule has 0 fully saturated rings. The van der Waals surface area contributed by atoms with E-state index in [1.807, 2.05) is 0 Å². The third-order valence-corrected chi connectivity index (χ3v) is 2.06. The Hall–Kier alpha value is -0.724. The van der Waals surface area contributed by atoms with E-state index < -0.39 is 36.7 Å². The number of nitrogens with zero attached hydrogens (tertiary/aromatic N) is 3. The molecule has 0 aliphatic carbocycles. The Kier molecular flexibility index (Phi) is 6.01. The molecule has 0 saturated carbocycles. The van der Waals surface area contributed by atoms with Crippen LogP contribution in [0.5, 0.6) is 0 Å². The van der Waals surface area contributed by atoms with E-state index in [-0.39, 0.29) is 51.4 Å². The van der Waals surface area contributed by atoms with Crippen LogP contribution in [0.2, 0.25) is 0 Å². The second-order valence-electron chi connectivity index (χ2n) is 2.58. The molecule has 9 nitrogen and oxygen atoms in total. The van der Waals surface area contributed by atoms with Crippen LogP contribution < -0.4 is 51.4 Å². The van der Waals surface area contributed by atoms with Crippen molar-refractivity contribution in [1.82, 2.24) is 0 Å². The monoisotopic (exact) mass is 283 g/mol. The molecule has 0 bridgehead atoms. The Morgan fingerprint density at radius 2 is 1.24 bits per heavy atom. The quantitative estimate of drug-likeness (QED) is 0.280. The van der Waals surface area contributed by atoms with Crippen molar-refractivity contribution in [2.24, 2.45) is 0 Å². The van der Waals surface area contributed by atoms with Crippen LogP contribution in [0, 0.1) is 30.3 Å². The molecular formula is C6H2KN3O6S. The molecular weight excluding hydrogens is 281 g/mol. The summed E-state index contributed by atoms with van der Waals surface area (Å²) in [6, 6.07) is 1.19. The summed E-state index contributed by atoms with van der Waals surface area (Å²) in [7, 11) is 0. The van der Waals surface area contributed by atoms with Gasteiger partial charge in [0.05, 0.1) is 26.9 Å². The summed E-state index contributed by atoms with van der Waals surface area (Å²) in [6.07, 6.45) is 0. The smallest absolute Gasteiger partial charge is 0.767 e. The first kappa shape index (κ1) is 16.3. The summed E-state index contributed by atoms with van der Waals surface area (Å²) >= 11 is 4.48. The normalized spacial score (nSPS) is 9.18. The zero-order valence-corrected chi connectivity index (χ0v) is 12.3. The van der Waals surface area contributed by atoms with Gasteiger partial charge in [0.1, 0.15) is 0 Å². The molecule has 0 heterocycles. The van der Waals surface area contributed by atoms with Gasteiger partial charge >= 0.3 is 51.4 Å². The second kappa shape index (κ2) is 6.27. The molecule has 0 spiro atoms. The third-order valence-electron chi connectivity index (χ3n) is 1.64. The Morgan fingerprint density at radius 3 is 1.47 bits per heavy atom. The molecule has 1 rings (SSSR count). The van der Waals surface area contributed by atoms with Gasteiger partial charge in [0.25, 0.3) is 17.1 Å². The van der Waals surface area contributed by atoms with Crippen molar-refractivity contribution in [1.29, 1.82) is 0 Å². The van der Waals surface area contributed by atoms with Gasteiger partial charge in [-0.3, -0.25) is 30.3 Å². The van der Waals surface area contributed by atoms with Crippen LogP contribution in [0.3, 0.4) is 0 Å². The molecule has 0 N–H and O–H groups in total. The van der Waals surface area contributed by atoms with Crippen molar-refractivity contribution in [2.75, 3.05) is 0 Å². The minimum atomic E-state index is -0.998. The summed E-state index contributed by atoms with van der Waals surface area (Å²) in [5.74, 6) is 0. The van der Waals surface area contributed by atoms with Crippen LogP contribution in [-0.4, -0.2) is 14.8 Å². The Morgan fingerprint density at radius 1 is 0.882 bits per heavy atom. The molecule has 1 aromatic rings. The number of benzene rings is 1. The number of nitro groups is 3. The summed E-state index contributed by atoms with van der Waals surface area (Å²) in [5, 5.41) is 31.3. The molecule has 0 radical (unpaired) electrons. The Bertz CT molecular complexity index is 472. The molecule has 17 heavy (non-hydrogen) atoms. The van der Waals surface area contributed by atoms with Crippen molar-refractivity contribution < 1.29 is 66.2 Å². The van der Waals surface area contributed by atoms with Gasteiger partial charge < -0.3 is 12.6 Å². The second-order valence-corrected chi connectivity index (χ2v) is 2.99. The fourth-order valence-electron chi connectivity index (χ4n) is 0.961. The molecule has 0 amide bonds. The largest absolute Gasteiger partial charge is 1.00 e. The molecule has 0 aromatic heterocycles. The molecule has 0 unspecified atom stereocenters. The zero-order valence-electron chi connectivity index (χ0n) is 8.35. The molecule has 0 atom stereocenters. The Labute approximate surface area is 141 Å². The van der Waals surface area contributed by atoms with E-state index in [2.05, 4.69) is 12.6 Å². The van der Waals surface area contributed by atoms with Crippen LogP contribution in [0.1, 0.15) is 0 Å². The summed E-state index contributed by atoms with van der Waals surface area (Å²) < 4.78 is 0. The van der Waals surface area contributed by atoms with Crippen molar-refractivity contribution in [2.45, 2.75) is 4.90 Å². The number of hydrogen-bond acceptors (Lipinski definition) is 7. The van der Waals surface area contributed by atoms with Gasteiger partial charge in [-0.25, -0.2) is 0 Å². The van der Waals surface area contributed by atoms with Crippen LogP contribution in [0.25, 0.3) is 0 Å². The topological polar surface area (TPSA) is 129 Å². The van der Waals surface area contributed by atoms with E-state index in [4.69, 9.17) is 0 Å². The minimum absolute atomic E-state index is 0. The fourth-order valence-corrected chi connectivity index (χ4v) is 1.23. The van der Waals surface area contributed by atoms with E-state index in [0.717, 1.165) is 0 Å². The van der Waals surface area contributed by atoms with E-state index >= 15 is 0 Å². The van der Waals surface area contributed by atoms with Crippen molar-refractivity contribution in [3.8, 4) is 0 Å². The average molecular weight is 283 g/mol. The first-order valence-corrected chi connectivity index (χ1v) is 4.03. The number of nitro benzene ring substituents is 3. The van der Waals surface area contributed by atoms with Gasteiger partial charge in [0.2, 0.25) is 0 Å². The van der Waals surface area contributed by atoms with Gasteiger partial charge in [-0.15, -0.1) is 0 Å². The molecule has 0 saturated heterocycles. The van der Waals surface area contributed by atoms with Crippen LogP contribution in [0.15, 0.2) is 17.0 Å². The maximum atomic E-state index is 10.5. The fraction of sp³-hybridized carbons (Fsp3) is 0. The van der Waals surface area contributed by atoms with Crippen LogP contribution >= 0.6 is 0 Å². The number of hydrogen-bond donors (Lipinski definition) is 0. The molecule has 84 valence electrons. The minimum Gasteiger partial charge on any atom is -0.767 e. The molecule has 11 heteroatoms. The van der Waals surface area contributed by atoms with E-state index in [9.17, 15) is 30.3 Å². The first-order valence-electron chi connectivity index (χ1n) is 3.63. The SMILES string of the molecule is O=[N+]([O-])c1cc([N+](=O)[O-])c([S-])c([N+](=O)[O-])c1.[K+]. The van der Waals surface area contributed by atoms with Gasteiger partial charge in [-0.05, 0) is 4.90 Å². The van der Waals surface area contributed by atoms with Crippen molar-refractivity contribution >= 4 is 29.7 Å². The zero-order chi connectivity index (χ0) is 12.5. The maximum absolute atomic E-state index is 10.5. The predicted molar refractivity (Wildman–Crippen MR) is 52.0 cm³/mol. The standard InChI is InChI=1S/C6H3N3O6S.K/c10-7(11)3-1-4(8(12)13)6(16)5(2-3)9(14)15;/h1-2,16H;/q;+1/p-1. The summed E-state index contributed by atoms with van der Waals surface area (Å²) in [4.78, 5) is 27.7. The average Bonchev–Trinajstić information content (AvgIpc) is 2.16. The predicted octanol–water partition coefficient (Wildman–Crippen LogP) is -1.68. The van der Waals surface area contributed by atoms with Gasteiger partial charge in [0, 0.05) is 0 Å². The van der Waals surface area contributed by atoms with Crippen molar-refractivity contribution in [3.63, 3.8) is 0 Å². The molecule has 0 aliphatic rings. The third kappa shape index (κ3) is 3.62. The number of rotatable bonds is 3. The molecule has 0 aliphatic heterocycles. The Balaban J connectivity index is 0.00000256. The van der Waals surface area contributed by atoms with Crippen LogP contribution in [-0.2, 0) is 12.6 Å². The first-order chi connectivity index (χ1) is 7.34. The van der Waals surface area contributed by atoms with Gasteiger partial charge in [-0.2, -0.15) is 0 Å². The van der Waals surface area contributed by atoms with Gasteiger partial charge in [-0.1, -0.05) is 0 Å². The van der Waals surface area contributed by atoms with Crippen LogP contribution in [0.4, 0.5) is 17.1 Å². The number of non-ortho nitro benzene ring substituents is 1. The summed E-state index contributed by atoms with van der Waals surface area (Å²) in [6.45, 7) is 0.